The van der Waals surface area contributed by atoms with Gasteiger partial charge in [0.05, 0.1) is 11.3 Å². The highest BCUT2D eigenvalue weighted by molar-refractivity contribution is 7.99. The zero-order chi connectivity index (χ0) is 20.4. The molecule has 1 aliphatic rings. The maximum absolute atomic E-state index is 12.5. The molecule has 0 atom stereocenters. The van der Waals surface area contributed by atoms with E-state index in [1.54, 1.807) is 24.3 Å². The molecule has 0 radical (unpaired) electrons. The fraction of sp³-hybridized carbons (Fsp3) is 0.300. The molecule has 2 heterocycles. The van der Waals surface area contributed by atoms with Gasteiger partial charge < -0.3 is 15.0 Å². The molecule has 0 aliphatic heterocycles. The number of amides is 1. The van der Waals surface area contributed by atoms with E-state index in [9.17, 15) is 15.2 Å². The molecular weight excluding hydrogens is 406 g/mol. The van der Waals surface area contributed by atoms with Crippen LogP contribution in [0.3, 0.4) is 0 Å². The van der Waals surface area contributed by atoms with Crippen molar-refractivity contribution in [3.8, 4) is 23.2 Å². The number of hydrogen-bond acceptors (Lipinski definition) is 7. The minimum Gasteiger partial charge on any atom is -0.508 e. The minimum absolute atomic E-state index is 0.167. The molecule has 1 aromatic carbocycles. The number of carbonyl (C=O) groups is 1. The van der Waals surface area contributed by atoms with Gasteiger partial charge in [-0.3, -0.25) is 4.79 Å². The summed E-state index contributed by atoms with van der Waals surface area (Å²) in [5, 5.41) is 31.5. The monoisotopic (exact) mass is 425 g/mol. The molecule has 148 valence electrons. The Morgan fingerprint density at radius 1 is 1.31 bits per heavy atom. The van der Waals surface area contributed by atoms with Crippen LogP contribution in [0.15, 0.2) is 29.4 Å². The number of fused-ring (bicyclic) bond motifs is 1. The van der Waals surface area contributed by atoms with Crippen LogP contribution < -0.4 is 5.32 Å². The average Bonchev–Trinajstić information content (AvgIpc) is 3.26. The summed E-state index contributed by atoms with van der Waals surface area (Å²) in [4.78, 5) is 13.7. The summed E-state index contributed by atoms with van der Waals surface area (Å²) in [7, 11) is 1.84. The molecule has 0 saturated heterocycles. The van der Waals surface area contributed by atoms with Gasteiger partial charge in [-0.05, 0) is 55.5 Å². The van der Waals surface area contributed by atoms with Crippen LogP contribution in [0.1, 0.15) is 28.8 Å². The number of thiophene rings is 1. The number of rotatable bonds is 5. The first-order chi connectivity index (χ1) is 14.1. The van der Waals surface area contributed by atoms with Crippen LogP contribution in [-0.2, 0) is 24.7 Å². The Morgan fingerprint density at radius 3 is 2.83 bits per heavy atom. The summed E-state index contributed by atoms with van der Waals surface area (Å²) in [5.74, 6) is 0.855. The van der Waals surface area contributed by atoms with Crippen molar-refractivity contribution in [2.75, 3.05) is 11.1 Å². The second-order valence-electron chi connectivity index (χ2n) is 6.78. The van der Waals surface area contributed by atoms with Gasteiger partial charge in [-0.25, -0.2) is 0 Å². The first-order valence-electron chi connectivity index (χ1n) is 9.23. The lowest BCUT2D eigenvalue weighted by Crippen LogP contribution is -2.14. The molecule has 7 nitrogen and oxygen atoms in total. The van der Waals surface area contributed by atoms with Gasteiger partial charge in [0.2, 0.25) is 5.91 Å². The highest BCUT2D eigenvalue weighted by Crippen LogP contribution is 2.37. The lowest BCUT2D eigenvalue weighted by atomic mass is 9.96. The highest BCUT2D eigenvalue weighted by atomic mass is 32.2. The van der Waals surface area contributed by atoms with Crippen molar-refractivity contribution < 1.29 is 9.90 Å². The maximum atomic E-state index is 12.5. The van der Waals surface area contributed by atoms with Gasteiger partial charge >= 0.3 is 0 Å². The first kappa shape index (κ1) is 19.5. The first-order valence-corrected chi connectivity index (χ1v) is 11.0. The fourth-order valence-electron chi connectivity index (χ4n) is 3.37. The molecule has 29 heavy (non-hydrogen) atoms. The summed E-state index contributed by atoms with van der Waals surface area (Å²) in [6.45, 7) is 0. The number of phenolic OH excluding ortho intramolecular Hbond substituents is 1. The summed E-state index contributed by atoms with van der Waals surface area (Å²) in [5.41, 5.74) is 2.56. The van der Waals surface area contributed by atoms with Crippen molar-refractivity contribution >= 4 is 34.0 Å². The van der Waals surface area contributed by atoms with E-state index in [2.05, 4.69) is 21.6 Å². The lowest BCUT2D eigenvalue weighted by molar-refractivity contribution is -0.113. The van der Waals surface area contributed by atoms with Crippen LogP contribution in [0.4, 0.5) is 5.00 Å². The second-order valence-corrected chi connectivity index (χ2v) is 8.82. The third kappa shape index (κ3) is 3.99. The van der Waals surface area contributed by atoms with Crippen molar-refractivity contribution in [1.82, 2.24) is 14.8 Å². The number of phenols is 1. The number of aromatic nitrogens is 3. The quantitative estimate of drug-likeness (QED) is 0.604. The minimum atomic E-state index is -0.167. The van der Waals surface area contributed by atoms with Crippen molar-refractivity contribution in [3.63, 3.8) is 0 Å². The molecular formula is C20H19N5O2S2. The molecule has 0 fully saturated rings. The summed E-state index contributed by atoms with van der Waals surface area (Å²) in [6, 6.07) is 8.98. The topological polar surface area (TPSA) is 104 Å². The normalized spacial score (nSPS) is 13.0. The predicted octanol–water partition coefficient (Wildman–Crippen LogP) is 3.73. The van der Waals surface area contributed by atoms with Crippen LogP contribution in [0.25, 0.3) is 11.4 Å². The van der Waals surface area contributed by atoms with E-state index in [-0.39, 0.29) is 17.4 Å². The van der Waals surface area contributed by atoms with E-state index in [4.69, 9.17) is 0 Å². The molecule has 0 bridgehead atoms. The Bertz CT molecular complexity index is 1100. The van der Waals surface area contributed by atoms with E-state index < -0.39 is 0 Å². The smallest absolute Gasteiger partial charge is 0.235 e. The zero-order valence-corrected chi connectivity index (χ0v) is 17.4. The largest absolute Gasteiger partial charge is 0.508 e. The summed E-state index contributed by atoms with van der Waals surface area (Å²) >= 11 is 2.82. The van der Waals surface area contributed by atoms with Gasteiger partial charge in [0.1, 0.15) is 16.8 Å². The van der Waals surface area contributed by atoms with Crippen molar-refractivity contribution in [2.24, 2.45) is 7.05 Å². The molecule has 0 saturated carbocycles. The van der Waals surface area contributed by atoms with E-state index >= 15 is 0 Å². The Labute approximate surface area is 176 Å². The Hall–Kier alpha value is -2.83. The number of nitrogens with one attached hydrogen (secondary N) is 1. The predicted molar refractivity (Wildman–Crippen MR) is 113 cm³/mol. The number of anilines is 1. The molecule has 4 rings (SSSR count). The van der Waals surface area contributed by atoms with E-state index in [0.29, 0.717) is 21.5 Å². The van der Waals surface area contributed by atoms with Gasteiger partial charge in [0.25, 0.3) is 0 Å². The third-order valence-corrected chi connectivity index (χ3v) is 7.06. The molecule has 1 aliphatic carbocycles. The Kier molecular flexibility index (Phi) is 5.56. The molecule has 3 aromatic rings. The standard InChI is InChI=1S/C20H19N5O2S2/c1-25-18(12-6-8-13(26)9-7-12)23-24-20(25)28-11-17(27)22-19-15(10-21)14-4-2-3-5-16(14)29-19/h6-9,26H,2-5,11H2,1H3,(H,22,27). The number of aromatic hydroxyl groups is 1. The lowest BCUT2D eigenvalue weighted by Gasteiger charge is -2.09. The Morgan fingerprint density at radius 2 is 2.07 bits per heavy atom. The van der Waals surface area contributed by atoms with Crippen LogP contribution in [0.2, 0.25) is 0 Å². The molecule has 9 heteroatoms. The van der Waals surface area contributed by atoms with E-state index in [0.717, 1.165) is 36.8 Å². The molecule has 2 N–H and O–H groups in total. The van der Waals surface area contributed by atoms with E-state index in [1.165, 1.54) is 28.0 Å². The summed E-state index contributed by atoms with van der Waals surface area (Å²) < 4.78 is 1.81. The van der Waals surface area contributed by atoms with Crippen molar-refractivity contribution in [3.05, 3.63) is 40.3 Å². The SMILES string of the molecule is Cn1c(SCC(=O)Nc2sc3c(c2C#N)CCCC3)nnc1-c1ccc(O)cc1. The Balaban J connectivity index is 1.43. The van der Waals surface area contributed by atoms with Gasteiger partial charge in [-0.15, -0.1) is 21.5 Å². The van der Waals surface area contributed by atoms with Gasteiger partial charge in [-0.1, -0.05) is 11.8 Å². The highest BCUT2D eigenvalue weighted by Gasteiger charge is 2.22. The van der Waals surface area contributed by atoms with Crippen LogP contribution in [-0.4, -0.2) is 31.5 Å². The third-order valence-electron chi connectivity index (χ3n) is 4.83. The number of thioether (sulfide) groups is 1. The maximum Gasteiger partial charge on any atom is 0.235 e. The number of hydrogen-bond donors (Lipinski definition) is 2. The van der Waals surface area contributed by atoms with Crippen molar-refractivity contribution in [2.45, 2.75) is 30.8 Å². The number of nitrogens with zero attached hydrogens (tertiary/aromatic N) is 4. The second kappa shape index (κ2) is 8.27. The van der Waals surface area contributed by atoms with Crippen LogP contribution in [0.5, 0.6) is 5.75 Å². The van der Waals surface area contributed by atoms with Crippen molar-refractivity contribution in [1.29, 1.82) is 5.26 Å². The molecule has 0 unspecified atom stereocenters. The fourth-order valence-corrected chi connectivity index (χ4v) is 5.33. The molecule has 0 spiro atoms. The van der Waals surface area contributed by atoms with Crippen LogP contribution >= 0.6 is 23.1 Å². The zero-order valence-electron chi connectivity index (χ0n) is 15.8. The number of nitriles is 1. The number of benzene rings is 1. The summed E-state index contributed by atoms with van der Waals surface area (Å²) in [6.07, 6.45) is 4.13. The molecule has 2 aromatic heterocycles. The van der Waals surface area contributed by atoms with Gasteiger partial charge in [-0.2, -0.15) is 5.26 Å². The number of aryl methyl sites for hydroxylation is 1. The van der Waals surface area contributed by atoms with Gasteiger partial charge in [0, 0.05) is 17.5 Å². The molecule has 1 amide bonds. The van der Waals surface area contributed by atoms with Crippen LogP contribution in [0, 0.1) is 11.3 Å². The van der Waals surface area contributed by atoms with E-state index in [1.807, 2.05) is 11.6 Å². The average molecular weight is 426 g/mol. The van der Waals surface area contributed by atoms with Gasteiger partial charge in [0.15, 0.2) is 11.0 Å². The number of carbonyl (C=O) groups excluding carboxylic acids is 1.